The van der Waals surface area contributed by atoms with E-state index in [2.05, 4.69) is 0 Å². The maximum atomic E-state index is 12.0. The van der Waals surface area contributed by atoms with Gasteiger partial charge in [0, 0.05) is 31.1 Å². The molecule has 0 aliphatic rings. The summed E-state index contributed by atoms with van der Waals surface area (Å²) in [6, 6.07) is 4.99. The van der Waals surface area contributed by atoms with E-state index in [1.54, 1.807) is 23.1 Å². The summed E-state index contributed by atoms with van der Waals surface area (Å²) < 4.78 is 6.57. The largest absolute Gasteiger partial charge is 0.419 e. The Hall–Kier alpha value is -1.75. The number of amides is 1. The summed E-state index contributed by atoms with van der Waals surface area (Å²) in [5.74, 6) is -0.437. The van der Waals surface area contributed by atoms with Gasteiger partial charge in [0.25, 0.3) is 0 Å². The molecule has 2 aromatic rings. The zero-order chi connectivity index (χ0) is 14.7. The fourth-order valence-corrected chi connectivity index (χ4v) is 2.36. The predicted octanol–water partition coefficient (Wildman–Crippen LogP) is 2.51. The number of nitrogens with zero attached hydrogens (tertiary/aromatic N) is 2. The van der Waals surface area contributed by atoms with Crippen LogP contribution in [0.25, 0.3) is 11.1 Å². The van der Waals surface area contributed by atoms with E-state index < -0.39 is 5.76 Å². The van der Waals surface area contributed by atoms with Crippen molar-refractivity contribution in [1.82, 2.24) is 9.47 Å². The molecule has 0 aliphatic heterocycles. The molecule has 1 aromatic carbocycles. The van der Waals surface area contributed by atoms with E-state index in [1.165, 1.54) is 4.57 Å². The van der Waals surface area contributed by atoms with Crippen molar-refractivity contribution in [3.05, 3.63) is 33.8 Å². The van der Waals surface area contributed by atoms with Crippen LogP contribution in [0.15, 0.2) is 27.4 Å². The smallest absolute Gasteiger partial charge is 0.408 e. The molecular formula is C14H17ClN2O3. The molecular weight excluding hydrogens is 280 g/mol. The summed E-state index contributed by atoms with van der Waals surface area (Å²) in [4.78, 5) is 25.5. The van der Waals surface area contributed by atoms with Gasteiger partial charge < -0.3 is 9.32 Å². The summed E-state index contributed by atoms with van der Waals surface area (Å²) in [7, 11) is 0. The molecule has 0 aliphatic carbocycles. The molecule has 0 unspecified atom stereocenters. The number of halogens is 1. The molecule has 0 atom stereocenters. The van der Waals surface area contributed by atoms with Crippen LogP contribution in [0.2, 0.25) is 5.02 Å². The number of rotatable bonds is 5. The highest BCUT2D eigenvalue weighted by atomic mass is 35.5. The third-order valence-corrected chi connectivity index (χ3v) is 3.53. The lowest BCUT2D eigenvalue weighted by Crippen LogP contribution is -2.31. The highest BCUT2D eigenvalue weighted by Gasteiger charge is 2.13. The van der Waals surface area contributed by atoms with Crippen LogP contribution < -0.4 is 5.76 Å². The lowest BCUT2D eigenvalue weighted by Gasteiger charge is -2.18. The van der Waals surface area contributed by atoms with Crippen molar-refractivity contribution in [3.63, 3.8) is 0 Å². The first-order valence-corrected chi connectivity index (χ1v) is 7.01. The Kier molecular flexibility index (Phi) is 4.49. The predicted molar refractivity (Wildman–Crippen MR) is 78.0 cm³/mol. The number of fused-ring (bicyclic) bond motifs is 1. The van der Waals surface area contributed by atoms with Crippen LogP contribution in [-0.4, -0.2) is 28.5 Å². The summed E-state index contributed by atoms with van der Waals surface area (Å²) in [5, 5.41) is 0.530. The van der Waals surface area contributed by atoms with Gasteiger partial charge in [-0.1, -0.05) is 11.6 Å². The number of carbonyl (C=O) groups is 1. The molecule has 0 saturated heterocycles. The van der Waals surface area contributed by atoms with Gasteiger partial charge in [0.15, 0.2) is 5.58 Å². The molecule has 20 heavy (non-hydrogen) atoms. The van der Waals surface area contributed by atoms with Crippen LogP contribution in [-0.2, 0) is 11.3 Å². The second kappa shape index (κ2) is 6.13. The van der Waals surface area contributed by atoms with Gasteiger partial charge in [0.05, 0.1) is 5.52 Å². The van der Waals surface area contributed by atoms with Crippen molar-refractivity contribution in [2.24, 2.45) is 0 Å². The Morgan fingerprint density at radius 1 is 1.35 bits per heavy atom. The average molecular weight is 297 g/mol. The molecule has 1 aromatic heterocycles. The second-order valence-electron chi connectivity index (χ2n) is 4.45. The second-order valence-corrected chi connectivity index (χ2v) is 4.88. The highest BCUT2D eigenvalue weighted by Crippen LogP contribution is 2.18. The Bertz CT molecular complexity index is 671. The molecule has 6 heteroatoms. The van der Waals surface area contributed by atoms with E-state index in [1.807, 2.05) is 13.8 Å². The molecule has 2 rings (SSSR count). The van der Waals surface area contributed by atoms with Gasteiger partial charge in [-0.3, -0.25) is 9.36 Å². The molecule has 0 saturated carbocycles. The highest BCUT2D eigenvalue weighted by molar-refractivity contribution is 6.31. The Morgan fingerprint density at radius 3 is 2.70 bits per heavy atom. The molecule has 108 valence electrons. The van der Waals surface area contributed by atoms with Gasteiger partial charge in [-0.05, 0) is 32.0 Å². The molecule has 5 nitrogen and oxygen atoms in total. The van der Waals surface area contributed by atoms with E-state index in [0.29, 0.717) is 35.8 Å². The topological polar surface area (TPSA) is 55.5 Å². The first-order chi connectivity index (χ1) is 9.56. The maximum Gasteiger partial charge on any atom is 0.419 e. The minimum Gasteiger partial charge on any atom is -0.408 e. The quantitative estimate of drug-likeness (QED) is 0.852. The molecule has 1 amide bonds. The van der Waals surface area contributed by atoms with Crippen LogP contribution in [0.1, 0.15) is 20.3 Å². The standard InChI is InChI=1S/C14H17ClN2O3/c1-3-16(4-2)13(18)7-8-17-11-9-10(15)5-6-12(11)20-14(17)19/h5-6,9H,3-4,7-8H2,1-2H3. The van der Waals surface area contributed by atoms with Gasteiger partial charge in [-0.2, -0.15) is 0 Å². The van der Waals surface area contributed by atoms with Crippen LogP contribution in [0, 0.1) is 0 Å². The van der Waals surface area contributed by atoms with Crippen molar-refractivity contribution in [1.29, 1.82) is 0 Å². The SMILES string of the molecule is CCN(CC)C(=O)CCn1c(=O)oc2ccc(Cl)cc21. The summed E-state index contributed by atoms with van der Waals surface area (Å²) in [6.07, 6.45) is 0.267. The van der Waals surface area contributed by atoms with Gasteiger partial charge in [0.1, 0.15) is 0 Å². The van der Waals surface area contributed by atoms with Gasteiger partial charge in [0.2, 0.25) is 5.91 Å². The number of hydrogen-bond donors (Lipinski definition) is 0. The van der Waals surface area contributed by atoms with Crippen molar-refractivity contribution in [2.45, 2.75) is 26.8 Å². The monoisotopic (exact) mass is 296 g/mol. The number of aryl methyl sites for hydroxylation is 1. The van der Waals surface area contributed by atoms with Gasteiger partial charge in [-0.25, -0.2) is 4.79 Å². The average Bonchev–Trinajstić information content (AvgIpc) is 2.73. The molecule has 0 radical (unpaired) electrons. The number of hydrogen-bond acceptors (Lipinski definition) is 3. The normalized spacial score (nSPS) is 10.9. The van der Waals surface area contributed by atoms with E-state index in [4.69, 9.17) is 16.0 Å². The molecule has 0 fully saturated rings. The van der Waals surface area contributed by atoms with Crippen molar-refractivity contribution < 1.29 is 9.21 Å². The van der Waals surface area contributed by atoms with Crippen molar-refractivity contribution >= 4 is 28.6 Å². The lowest BCUT2D eigenvalue weighted by atomic mass is 10.3. The zero-order valence-electron chi connectivity index (χ0n) is 11.6. The number of aromatic nitrogens is 1. The molecule has 0 spiro atoms. The van der Waals surface area contributed by atoms with Crippen LogP contribution >= 0.6 is 11.6 Å². The minimum absolute atomic E-state index is 0.0262. The third kappa shape index (κ3) is 2.88. The Labute approximate surface area is 121 Å². The third-order valence-electron chi connectivity index (χ3n) is 3.29. The van der Waals surface area contributed by atoms with E-state index in [-0.39, 0.29) is 12.3 Å². The van der Waals surface area contributed by atoms with E-state index >= 15 is 0 Å². The Morgan fingerprint density at radius 2 is 2.05 bits per heavy atom. The first kappa shape index (κ1) is 14.7. The number of carbonyl (C=O) groups excluding carboxylic acids is 1. The minimum atomic E-state index is -0.463. The zero-order valence-corrected chi connectivity index (χ0v) is 12.3. The summed E-state index contributed by atoms with van der Waals surface area (Å²) >= 11 is 5.93. The van der Waals surface area contributed by atoms with Gasteiger partial charge >= 0.3 is 5.76 Å². The summed E-state index contributed by atoms with van der Waals surface area (Å²) in [5.41, 5.74) is 1.10. The van der Waals surface area contributed by atoms with E-state index in [0.717, 1.165) is 0 Å². The fraction of sp³-hybridized carbons (Fsp3) is 0.429. The first-order valence-electron chi connectivity index (χ1n) is 6.63. The Balaban J connectivity index is 2.22. The maximum absolute atomic E-state index is 12.0. The number of oxazole rings is 1. The molecule has 1 heterocycles. The van der Waals surface area contributed by atoms with Crippen molar-refractivity contribution in [3.8, 4) is 0 Å². The lowest BCUT2D eigenvalue weighted by molar-refractivity contribution is -0.131. The summed E-state index contributed by atoms with van der Waals surface area (Å²) in [6.45, 7) is 5.49. The van der Waals surface area contributed by atoms with Crippen molar-refractivity contribution in [2.75, 3.05) is 13.1 Å². The van der Waals surface area contributed by atoms with Crippen LogP contribution in [0.3, 0.4) is 0 Å². The fourth-order valence-electron chi connectivity index (χ4n) is 2.19. The van der Waals surface area contributed by atoms with Crippen LogP contribution in [0.4, 0.5) is 0 Å². The van der Waals surface area contributed by atoms with Gasteiger partial charge in [-0.15, -0.1) is 0 Å². The number of benzene rings is 1. The molecule has 0 bridgehead atoms. The molecule has 0 N–H and O–H groups in total. The van der Waals surface area contributed by atoms with Crippen LogP contribution in [0.5, 0.6) is 0 Å². The van der Waals surface area contributed by atoms with E-state index in [9.17, 15) is 9.59 Å².